The number of hydrogen-bond acceptors (Lipinski definition) is 3. The van der Waals surface area contributed by atoms with Crippen molar-refractivity contribution in [1.29, 1.82) is 0 Å². The zero-order valence-electron chi connectivity index (χ0n) is 8.68. The van der Waals surface area contributed by atoms with E-state index in [9.17, 15) is 18.0 Å². The van der Waals surface area contributed by atoms with Gasteiger partial charge in [-0.15, -0.1) is 13.2 Å². The highest BCUT2D eigenvalue weighted by atomic mass is 35.5. The summed E-state index contributed by atoms with van der Waals surface area (Å²) >= 11 is 5.59. The monoisotopic (exact) mass is 268 g/mol. The van der Waals surface area contributed by atoms with Gasteiger partial charge in [-0.1, -0.05) is 11.6 Å². The molecule has 0 atom stereocenters. The molecule has 0 aromatic heterocycles. The molecule has 0 aliphatic rings. The standard InChI is InChI=1S/C10H8ClF3O3/c1-2-16-9(15)7-5-6(11)3-4-8(7)17-10(12,13)14/h3-5H,2H2,1H3. The Morgan fingerprint density at radius 1 is 1.41 bits per heavy atom. The third-order valence-corrected chi connectivity index (χ3v) is 1.90. The van der Waals surface area contributed by atoms with Crippen LogP contribution in [0.4, 0.5) is 13.2 Å². The van der Waals surface area contributed by atoms with Gasteiger partial charge in [0.05, 0.1) is 6.61 Å². The SMILES string of the molecule is CCOC(=O)c1cc(Cl)ccc1OC(F)(F)F. The van der Waals surface area contributed by atoms with Crippen molar-refractivity contribution in [3.63, 3.8) is 0 Å². The number of carbonyl (C=O) groups excluding carboxylic acids is 1. The molecule has 0 bridgehead atoms. The fourth-order valence-corrected chi connectivity index (χ4v) is 1.26. The van der Waals surface area contributed by atoms with Crippen LogP contribution in [0.25, 0.3) is 0 Å². The van der Waals surface area contributed by atoms with Crippen molar-refractivity contribution in [3.05, 3.63) is 28.8 Å². The molecule has 0 saturated heterocycles. The lowest BCUT2D eigenvalue weighted by molar-refractivity contribution is -0.274. The summed E-state index contributed by atoms with van der Waals surface area (Å²) in [5.41, 5.74) is -0.364. The Kier molecular flexibility index (Phi) is 4.22. The molecule has 3 nitrogen and oxygen atoms in total. The van der Waals surface area contributed by atoms with E-state index < -0.39 is 18.1 Å². The molecule has 0 unspecified atom stereocenters. The summed E-state index contributed by atoms with van der Waals surface area (Å²) in [5.74, 6) is -1.56. The summed E-state index contributed by atoms with van der Waals surface area (Å²) in [5, 5.41) is 0.113. The first kappa shape index (κ1) is 13.6. The highest BCUT2D eigenvalue weighted by Gasteiger charge is 2.33. The van der Waals surface area contributed by atoms with Gasteiger partial charge in [0.15, 0.2) is 0 Å². The molecule has 1 aromatic rings. The van der Waals surface area contributed by atoms with Crippen molar-refractivity contribution in [2.45, 2.75) is 13.3 Å². The summed E-state index contributed by atoms with van der Waals surface area (Å²) in [4.78, 5) is 11.4. The predicted molar refractivity (Wildman–Crippen MR) is 54.1 cm³/mol. The Morgan fingerprint density at radius 2 is 2.06 bits per heavy atom. The van der Waals surface area contributed by atoms with Crippen LogP contribution in [0.3, 0.4) is 0 Å². The fraction of sp³-hybridized carbons (Fsp3) is 0.300. The van der Waals surface area contributed by atoms with Crippen LogP contribution in [0, 0.1) is 0 Å². The van der Waals surface area contributed by atoms with Crippen molar-refractivity contribution in [2.75, 3.05) is 6.61 Å². The molecule has 0 aliphatic heterocycles. The molecule has 0 saturated carbocycles. The summed E-state index contributed by atoms with van der Waals surface area (Å²) in [6.45, 7) is 1.57. The highest BCUT2D eigenvalue weighted by Crippen LogP contribution is 2.29. The maximum absolute atomic E-state index is 12.1. The number of halogens is 4. The first-order valence-electron chi connectivity index (χ1n) is 4.56. The molecule has 17 heavy (non-hydrogen) atoms. The average Bonchev–Trinajstić information content (AvgIpc) is 2.19. The van der Waals surface area contributed by atoms with Gasteiger partial charge >= 0.3 is 12.3 Å². The lowest BCUT2D eigenvalue weighted by atomic mass is 10.2. The molecule has 0 fully saturated rings. The molecule has 1 aromatic carbocycles. The van der Waals surface area contributed by atoms with E-state index in [1.807, 2.05) is 0 Å². The summed E-state index contributed by atoms with van der Waals surface area (Å²) in [7, 11) is 0. The fourth-order valence-electron chi connectivity index (χ4n) is 1.08. The second-order valence-corrected chi connectivity index (χ2v) is 3.35. The first-order valence-corrected chi connectivity index (χ1v) is 4.93. The van der Waals surface area contributed by atoms with Crippen LogP contribution in [-0.4, -0.2) is 18.9 Å². The lowest BCUT2D eigenvalue weighted by Crippen LogP contribution is -2.19. The molecule has 94 valence electrons. The third-order valence-electron chi connectivity index (χ3n) is 1.66. The molecule has 0 N–H and O–H groups in total. The average molecular weight is 269 g/mol. The van der Waals surface area contributed by atoms with Gasteiger partial charge in [0.1, 0.15) is 11.3 Å². The molecular formula is C10H8ClF3O3. The largest absolute Gasteiger partial charge is 0.573 e. The van der Waals surface area contributed by atoms with E-state index in [1.54, 1.807) is 0 Å². The van der Waals surface area contributed by atoms with E-state index in [-0.39, 0.29) is 17.2 Å². The van der Waals surface area contributed by atoms with Crippen LogP contribution in [-0.2, 0) is 4.74 Å². The molecule has 0 amide bonds. The van der Waals surface area contributed by atoms with E-state index in [0.29, 0.717) is 0 Å². The van der Waals surface area contributed by atoms with Crippen molar-refractivity contribution < 1.29 is 27.4 Å². The number of hydrogen-bond donors (Lipinski definition) is 0. The van der Waals surface area contributed by atoms with E-state index in [2.05, 4.69) is 9.47 Å². The highest BCUT2D eigenvalue weighted by molar-refractivity contribution is 6.31. The quantitative estimate of drug-likeness (QED) is 0.788. The minimum Gasteiger partial charge on any atom is -0.462 e. The number of ether oxygens (including phenoxy) is 2. The minimum absolute atomic E-state index is 0.0385. The molecule has 7 heteroatoms. The van der Waals surface area contributed by atoms with Crippen LogP contribution in [0.1, 0.15) is 17.3 Å². The van der Waals surface area contributed by atoms with Crippen molar-refractivity contribution in [3.8, 4) is 5.75 Å². The van der Waals surface area contributed by atoms with Gasteiger partial charge in [-0.05, 0) is 25.1 Å². The van der Waals surface area contributed by atoms with Gasteiger partial charge in [0.2, 0.25) is 0 Å². The minimum atomic E-state index is -4.88. The topological polar surface area (TPSA) is 35.5 Å². The Balaban J connectivity index is 3.08. The lowest BCUT2D eigenvalue weighted by Gasteiger charge is -2.12. The molecule has 0 heterocycles. The van der Waals surface area contributed by atoms with Crippen LogP contribution in [0.5, 0.6) is 5.75 Å². The number of alkyl halides is 3. The second kappa shape index (κ2) is 5.27. The van der Waals surface area contributed by atoms with E-state index >= 15 is 0 Å². The number of esters is 1. The maximum Gasteiger partial charge on any atom is 0.573 e. The van der Waals surface area contributed by atoms with Crippen LogP contribution in [0.2, 0.25) is 5.02 Å². The molecule has 0 radical (unpaired) electrons. The molecular weight excluding hydrogens is 261 g/mol. The number of carbonyl (C=O) groups is 1. The zero-order valence-corrected chi connectivity index (χ0v) is 9.43. The number of benzene rings is 1. The van der Waals surface area contributed by atoms with Crippen LogP contribution >= 0.6 is 11.6 Å². The van der Waals surface area contributed by atoms with E-state index in [0.717, 1.165) is 12.1 Å². The Morgan fingerprint density at radius 3 is 2.59 bits per heavy atom. The Hall–Kier alpha value is -1.43. The van der Waals surface area contributed by atoms with Crippen molar-refractivity contribution >= 4 is 17.6 Å². The normalized spacial score (nSPS) is 11.1. The van der Waals surface area contributed by atoms with Gasteiger partial charge in [0, 0.05) is 5.02 Å². The van der Waals surface area contributed by atoms with Crippen molar-refractivity contribution in [1.82, 2.24) is 0 Å². The molecule has 1 rings (SSSR count). The van der Waals surface area contributed by atoms with Gasteiger partial charge in [-0.3, -0.25) is 0 Å². The van der Waals surface area contributed by atoms with Crippen LogP contribution < -0.4 is 4.74 Å². The summed E-state index contributed by atoms with van der Waals surface area (Å²) in [6.07, 6.45) is -4.88. The molecule has 0 spiro atoms. The van der Waals surface area contributed by atoms with E-state index in [4.69, 9.17) is 11.6 Å². The number of rotatable bonds is 3. The van der Waals surface area contributed by atoms with Gasteiger partial charge in [-0.2, -0.15) is 0 Å². The molecule has 0 aliphatic carbocycles. The van der Waals surface area contributed by atoms with E-state index in [1.165, 1.54) is 13.0 Å². The Bertz CT molecular complexity index is 418. The zero-order chi connectivity index (χ0) is 13.1. The third kappa shape index (κ3) is 4.14. The van der Waals surface area contributed by atoms with Crippen molar-refractivity contribution in [2.24, 2.45) is 0 Å². The van der Waals surface area contributed by atoms with Gasteiger partial charge in [0.25, 0.3) is 0 Å². The van der Waals surface area contributed by atoms with Crippen LogP contribution in [0.15, 0.2) is 18.2 Å². The smallest absolute Gasteiger partial charge is 0.462 e. The van der Waals surface area contributed by atoms with Gasteiger partial charge in [-0.25, -0.2) is 4.79 Å². The summed E-state index contributed by atoms with van der Waals surface area (Å²) < 4.78 is 44.5. The Labute approximate surface area is 100 Å². The maximum atomic E-state index is 12.1. The van der Waals surface area contributed by atoms with Gasteiger partial charge < -0.3 is 9.47 Å². The predicted octanol–water partition coefficient (Wildman–Crippen LogP) is 3.42. The second-order valence-electron chi connectivity index (χ2n) is 2.91. The summed E-state index contributed by atoms with van der Waals surface area (Å²) in [6, 6.07) is 3.20. The first-order chi connectivity index (χ1) is 7.83.